The Hall–Kier alpha value is -1.35. The molecule has 0 spiro atoms. The fourth-order valence-corrected chi connectivity index (χ4v) is 1.82. The van der Waals surface area contributed by atoms with Gasteiger partial charge >= 0.3 is 5.97 Å². The molecule has 1 heterocycles. The molecule has 0 radical (unpaired) electrons. The van der Waals surface area contributed by atoms with E-state index in [4.69, 9.17) is 9.47 Å². The third-order valence-electron chi connectivity index (χ3n) is 2.86. The third kappa shape index (κ3) is 2.86. The second-order valence-corrected chi connectivity index (χ2v) is 4.24. The summed E-state index contributed by atoms with van der Waals surface area (Å²) in [7, 11) is 0. The average molecular weight is 234 g/mol. The first-order chi connectivity index (χ1) is 8.26. The van der Waals surface area contributed by atoms with Gasteiger partial charge in [-0.3, -0.25) is 0 Å². The Bertz CT molecular complexity index is 400. The van der Waals surface area contributed by atoms with Crippen LogP contribution in [0, 0.1) is 0 Å². The van der Waals surface area contributed by atoms with E-state index in [1.807, 2.05) is 19.1 Å². The van der Waals surface area contributed by atoms with Crippen LogP contribution in [0.25, 0.3) is 0 Å². The number of rotatable bonds is 5. The number of epoxide rings is 1. The van der Waals surface area contributed by atoms with Gasteiger partial charge in [0.2, 0.25) is 0 Å². The molecule has 2 unspecified atom stereocenters. The maximum absolute atomic E-state index is 11.6. The maximum Gasteiger partial charge on any atom is 0.338 e. The van der Waals surface area contributed by atoms with Gasteiger partial charge in [-0.15, -0.1) is 0 Å². The van der Waals surface area contributed by atoms with Crippen LogP contribution in [0.4, 0.5) is 0 Å². The molecule has 2 rings (SSSR count). The van der Waals surface area contributed by atoms with E-state index in [-0.39, 0.29) is 12.1 Å². The molecule has 1 aliphatic rings. The second kappa shape index (κ2) is 5.32. The molecule has 0 N–H and O–H groups in total. The van der Waals surface area contributed by atoms with Crippen LogP contribution in [0.1, 0.15) is 37.5 Å². The summed E-state index contributed by atoms with van der Waals surface area (Å²) in [6.45, 7) is 4.56. The van der Waals surface area contributed by atoms with Crippen LogP contribution in [0.15, 0.2) is 24.3 Å². The number of ether oxygens (including phenoxy) is 2. The minimum Gasteiger partial charge on any atom is -0.464 e. The number of benzene rings is 1. The molecule has 1 aliphatic heterocycles. The summed E-state index contributed by atoms with van der Waals surface area (Å²) in [4.78, 5) is 11.6. The van der Waals surface area contributed by atoms with Crippen molar-refractivity contribution in [3.05, 3.63) is 35.4 Å². The first-order valence-electron chi connectivity index (χ1n) is 6.17. The number of hydrogen-bond acceptors (Lipinski definition) is 3. The molecular weight excluding hydrogens is 216 g/mol. The highest BCUT2D eigenvalue weighted by atomic mass is 16.6. The van der Waals surface area contributed by atoms with E-state index < -0.39 is 6.10 Å². The zero-order valence-corrected chi connectivity index (χ0v) is 10.3. The molecule has 17 heavy (non-hydrogen) atoms. The third-order valence-corrected chi connectivity index (χ3v) is 2.86. The Kier molecular flexibility index (Phi) is 3.79. The molecular formula is C14H18O3. The summed E-state index contributed by atoms with van der Waals surface area (Å²) < 4.78 is 10.4. The van der Waals surface area contributed by atoms with Gasteiger partial charge < -0.3 is 9.47 Å². The summed E-state index contributed by atoms with van der Waals surface area (Å²) in [6, 6.07) is 8.18. The smallest absolute Gasteiger partial charge is 0.338 e. The number of esters is 1. The summed E-state index contributed by atoms with van der Waals surface area (Å²) in [5.41, 5.74) is 2.33. The van der Waals surface area contributed by atoms with E-state index in [1.54, 1.807) is 0 Å². The molecule has 0 bridgehead atoms. The highest BCUT2D eigenvalue weighted by Crippen LogP contribution is 2.39. The van der Waals surface area contributed by atoms with Gasteiger partial charge in [0, 0.05) is 0 Å². The van der Waals surface area contributed by atoms with Crippen molar-refractivity contribution in [1.29, 1.82) is 0 Å². The number of carbonyl (C=O) groups excluding carboxylic acids is 1. The molecule has 1 saturated heterocycles. The van der Waals surface area contributed by atoms with E-state index >= 15 is 0 Å². The SMILES string of the molecule is CCCOC(=O)C1OC1c1cccc(CC)c1. The van der Waals surface area contributed by atoms with Gasteiger partial charge in [0.15, 0.2) is 6.10 Å². The monoisotopic (exact) mass is 234 g/mol. The van der Waals surface area contributed by atoms with Gasteiger partial charge in [-0.2, -0.15) is 0 Å². The zero-order valence-electron chi connectivity index (χ0n) is 10.3. The van der Waals surface area contributed by atoms with Crippen molar-refractivity contribution in [3.63, 3.8) is 0 Å². The lowest BCUT2D eigenvalue weighted by molar-refractivity contribution is -0.145. The van der Waals surface area contributed by atoms with Gasteiger partial charge in [-0.05, 0) is 24.0 Å². The Morgan fingerprint density at radius 2 is 2.24 bits per heavy atom. The van der Waals surface area contributed by atoms with Crippen molar-refractivity contribution in [2.45, 2.75) is 38.9 Å². The van der Waals surface area contributed by atoms with Crippen molar-refractivity contribution in [2.75, 3.05) is 6.61 Å². The molecule has 3 nitrogen and oxygen atoms in total. The molecule has 3 heteroatoms. The predicted molar refractivity (Wildman–Crippen MR) is 64.7 cm³/mol. The molecule has 1 aromatic rings. The van der Waals surface area contributed by atoms with Gasteiger partial charge in [0.05, 0.1) is 6.61 Å². The van der Waals surface area contributed by atoms with Crippen molar-refractivity contribution in [1.82, 2.24) is 0 Å². The predicted octanol–water partition coefficient (Wildman–Crippen LogP) is 2.64. The highest BCUT2D eigenvalue weighted by molar-refractivity contribution is 5.78. The van der Waals surface area contributed by atoms with Crippen molar-refractivity contribution in [3.8, 4) is 0 Å². The quantitative estimate of drug-likeness (QED) is 0.580. The van der Waals surface area contributed by atoms with Gasteiger partial charge in [0.1, 0.15) is 6.10 Å². The molecule has 1 fully saturated rings. The lowest BCUT2D eigenvalue weighted by Crippen LogP contribution is -2.12. The Morgan fingerprint density at radius 3 is 2.94 bits per heavy atom. The summed E-state index contributed by atoms with van der Waals surface area (Å²) >= 11 is 0. The topological polar surface area (TPSA) is 38.8 Å². The summed E-state index contributed by atoms with van der Waals surface area (Å²) in [5, 5.41) is 0. The van der Waals surface area contributed by atoms with Crippen molar-refractivity contribution in [2.24, 2.45) is 0 Å². The molecule has 0 aromatic heterocycles. The molecule has 0 saturated carbocycles. The summed E-state index contributed by atoms with van der Waals surface area (Å²) in [5.74, 6) is -0.237. The highest BCUT2D eigenvalue weighted by Gasteiger charge is 2.47. The van der Waals surface area contributed by atoms with Crippen LogP contribution in [0.5, 0.6) is 0 Å². The van der Waals surface area contributed by atoms with Gasteiger partial charge in [0.25, 0.3) is 0 Å². The minimum absolute atomic E-state index is 0.106. The van der Waals surface area contributed by atoms with Crippen LogP contribution in [-0.4, -0.2) is 18.7 Å². The fraction of sp³-hybridized carbons (Fsp3) is 0.500. The van der Waals surface area contributed by atoms with Gasteiger partial charge in [-0.1, -0.05) is 38.1 Å². The minimum atomic E-state index is -0.395. The first kappa shape index (κ1) is 12.1. The normalized spacial score (nSPS) is 22.2. The van der Waals surface area contributed by atoms with E-state index in [9.17, 15) is 4.79 Å². The largest absolute Gasteiger partial charge is 0.464 e. The number of carbonyl (C=O) groups is 1. The molecule has 92 valence electrons. The molecule has 0 aliphatic carbocycles. The number of aryl methyl sites for hydroxylation is 1. The fourth-order valence-electron chi connectivity index (χ4n) is 1.82. The van der Waals surface area contributed by atoms with Crippen LogP contribution in [0.3, 0.4) is 0 Å². The Balaban J connectivity index is 1.95. The molecule has 2 atom stereocenters. The van der Waals surface area contributed by atoms with E-state index in [2.05, 4.69) is 19.1 Å². The average Bonchev–Trinajstić information content (AvgIpc) is 3.16. The molecule has 0 amide bonds. The van der Waals surface area contributed by atoms with Crippen molar-refractivity contribution < 1.29 is 14.3 Å². The van der Waals surface area contributed by atoms with Crippen LogP contribution < -0.4 is 0 Å². The number of hydrogen-bond donors (Lipinski definition) is 0. The van der Waals surface area contributed by atoms with Crippen LogP contribution >= 0.6 is 0 Å². The van der Waals surface area contributed by atoms with E-state index in [0.717, 1.165) is 18.4 Å². The van der Waals surface area contributed by atoms with Crippen LogP contribution in [-0.2, 0) is 20.7 Å². The lowest BCUT2D eigenvalue weighted by atomic mass is 10.1. The van der Waals surface area contributed by atoms with Gasteiger partial charge in [-0.25, -0.2) is 4.79 Å². The Morgan fingerprint density at radius 1 is 1.41 bits per heavy atom. The standard InChI is InChI=1S/C14H18O3/c1-3-8-16-14(15)13-12(17-13)11-7-5-6-10(4-2)9-11/h5-7,9,12-13H,3-4,8H2,1-2H3. The summed E-state index contributed by atoms with van der Waals surface area (Å²) in [6.07, 6.45) is 1.33. The molecule has 1 aromatic carbocycles. The van der Waals surface area contributed by atoms with Crippen LogP contribution in [0.2, 0.25) is 0 Å². The Labute approximate surface area is 102 Å². The zero-order chi connectivity index (χ0) is 12.3. The van der Waals surface area contributed by atoms with E-state index in [0.29, 0.717) is 6.61 Å². The van der Waals surface area contributed by atoms with Crippen molar-refractivity contribution >= 4 is 5.97 Å². The second-order valence-electron chi connectivity index (χ2n) is 4.24. The maximum atomic E-state index is 11.6. The first-order valence-corrected chi connectivity index (χ1v) is 6.17. The lowest BCUT2D eigenvalue weighted by Gasteiger charge is -2.01. The van der Waals surface area contributed by atoms with E-state index in [1.165, 1.54) is 5.56 Å².